The van der Waals surface area contributed by atoms with Gasteiger partial charge in [0.2, 0.25) is 0 Å². The molecule has 3 nitrogen and oxygen atoms in total. The average molecular weight is 364 g/mol. The lowest BCUT2D eigenvalue weighted by molar-refractivity contribution is -0.161. The van der Waals surface area contributed by atoms with E-state index in [0.29, 0.717) is 12.5 Å². The second kappa shape index (κ2) is 4.62. The summed E-state index contributed by atoms with van der Waals surface area (Å²) in [5.74, 6) is 0.585. The molecule has 4 aliphatic rings. The van der Waals surface area contributed by atoms with Crippen LogP contribution in [0.1, 0.15) is 45.4 Å². The van der Waals surface area contributed by atoms with E-state index >= 15 is 0 Å². The van der Waals surface area contributed by atoms with Crippen LogP contribution in [0.25, 0.3) is 0 Å². The van der Waals surface area contributed by atoms with E-state index in [9.17, 15) is 4.79 Å². The Balaban J connectivity index is 1.81. The fraction of sp³-hybridized carbons (Fsp3) is 0.929. The van der Waals surface area contributed by atoms with Crippen LogP contribution in [0.15, 0.2) is 0 Å². The fourth-order valence-corrected chi connectivity index (χ4v) is 4.95. The topological polar surface area (TPSA) is 35.5 Å². The summed E-state index contributed by atoms with van der Waals surface area (Å²) >= 11 is 2.39. The molecule has 0 radical (unpaired) electrons. The Morgan fingerprint density at radius 1 is 1.39 bits per heavy atom. The van der Waals surface area contributed by atoms with E-state index in [1.54, 1.807) is 0 Å². The molecule has 1 atom stereocenters. The second-order valence-corrected chi connectivity index (χ2v) is 6.89. The highest BCUT2D eigenvalue weighted by Crippen LogP contribution is 2.65. The van der Waals surface area contributed by atoms with Gasteiger partial charge in [0.15, 0.2) is 0 Å². The third-order valence-corrected chi connectivity index (χ3v) is 6.34. The van der Waals surface area contributed by atoms with Gasteiger partial charge in [0.1, 0.15) is 0 Å². The van der Waals surface area contributed by atoms with Crippen LogP contribution < -0.4 is 0 Å². The van der Waals surface area contributed by atoms with Gasteiger partial charge in [0.05, 0.1) is 23.7 Å². The number of hydrogen-bond donors (Lipinski definition) is 0. The van der Waals surface area contributed by atoms with Gasteiger partial charge in [-0.05, 0) is 38.5 Å². The Morgan fingerprint density at radius 2 is 2.06 bits per heavy atom. The zero-order chi connectivity index (χ0) is 12.8. The third kappa shape index (κ3) is 1.74. The summed E-state index contributed by atoms with van der Waals surface area (Å²) in [5.41, 5.74) is -0.309. The molecular weight excluding hydrogens is 343 g/mol. The van der Waals surface area contributed by atoms with E-state index in [-0.39, 0.29) is 23.1 Å². The van der Waals surface area contributed by atoms with E-state index in [2.05, 4.69) is 22.6 Å². The van der Waals surface area contributed by atoms with Gasteiger partial charge in [0.25, 0.3) is 0 Å². The maximum Gasteiger partial charge on any atom is 0.314 e. The fourth-order valence-electron chi connectivity index (χ4n) is 4.23. The summed E-state index contributed by atoms with van der Waals surface area (Å²) in [6.45, 7) is 2.37. The van der Waals surface area contributed by atoms with Crippen LogP contribution in [-0.4, -0.2) is 28.7 Å². The van der Waals surface area contributed by atoms with Crippen molar-refractivity contribution in [2.24, 2.45) is 11.3 Å². The Labute approximate surface area is 122 Å². The number of halogens is 1. The summed E-state index contributed by atoms with van der Waals surface area (Å²) in [4.78, 5) is 12.3. The standard InChI is InChI=1S/C14H21IO3/c1-2-17-12(16)14-7-13(8-14,9-15)18-11(14)10-5-3-4-6-10/h10-11H,2-9H2,1H3. The molecule has 4 heteroatoms. The van der Waals surface area contributed by atoms with Crippen molar-refractivity contribution >= 4 is 28.6 Å². The molecule has 4 rings (SSSR count). The first-order chi connectivity index (χ1) is 8.66. The number of rotatable bonds is 4. The van der Waals surface area contributed by atoms with Crippen molar-refractivity contribution in [1.29, 1.82) is 0 Å². The molecule has 1 unspecified atom stereocenters. The van der Waals surface area contributed by atoms with Gasteiger partial charge in [-0.2, -0.15) is 0 Å². The zero-order valence-corrected chi connectivity index (χ0v) is 13.1. The summed E-state index contributed by atoms with van der Waals surface area (Å²) in [6.07, 6.45) is 6.95. The molecule has 2 heterocycles. The van der Waals surface area contributed by atoms with Crippen LogP contribution in [-0.2, 0) is 14.3 Å². The van der Waals surface area contributed by atoms with Gasteiger partial charge in [-0.25, -0.2) is 0 Å². The Kier molecular flexibility index (Phi) is 3.37. The van der Waals surface area contributed by atoms with E-state index < -0.39 is 0 Å². The minimum absolute atomic E-state index is 0.000116. The molecule has 0 spiro atoms. The molecule has 0 amide bonds. The number of carbonyl (C=O) groups excluding carboxylic acids is 1. The van der Waals surface area contributed by atoms with Crippen molar-refractivity contribution in [2.75, 3.05) is 11.0 Å². The van der Waals surface area contributed by atoms with Gasteiger partial charge in [0, 0.05) is 4.43 Å². The molecule has 102 valence electrons. The first-order valence-electron chi connectivity index (χ1n) is 7.07. The first-order valence-corrected chi connectivity index (χ1v) is 8.59. The Morgan fingerprint density at radius 3 is 2.61 bits per heavy atom. The second-order valence-electron chi connectivity index (χ2n) is 6.13. The zero-order valence-electron chi connectivity index (χ0n) is 10.9. The van der Waals surface area contributed by atoms with Gasteiger partial charge >= 0.3 is 5.97 Å². The molecule has 2 aliphatic heterocycles. The quantitative estimate of drug-likeness (QED) is 0.437. The third-order valence-electron chi connectivity index (χ3n) is 4.95. The predicted octanol–water partition coefficient (Wildman–Crippen LogP) is 3.09. The Hall–Kier alpha value is 0.160. The molecular formula is C14H21IO3. The van der Waals surface area contributed by atoms with Crippen LogP contribution >= 0.6 is 22.6 Å². The number of alkyl halides is 1. The van der Waals surface area contributed by atoms with Crippen molar-refractivity contribution in [2.45, 2.75) is 57.2 Å². The minimum atomic E-state index is -0.295. The van der Waals surface area contributed by atoms with Gasteiger partial charge in [-0.1, -0.05) is 35.4 Å². The highest BCUT2D eigenvalue weighted by atomic mass is 127. The number of fused-ring (bicyclic) bond motifs is 1. The highest BCUT2D eigenvalue weighted by molar-refractivity contribution is 14.1. The van der Waals surface area contributed by atoms with Crippen molar-refractivity contribution in [3.05, 3.63) is 0 Å². The smallest absolute Gasteiger partial charge is 0.314 e. The van der Waals surface area contributed by atoms with Crippen LogP contribution in [0.3, 0.4) is 0 Å². The molecule has 0 aromatic heterocycles. The molecule has 18 heavy (non-hydrogen) atoms. The molecule has 2 saturated carbocycles. The lowest BCUT2D eigenvalue weighted by atomic mass is 9.59. The molecule has 0 aromatic carbocycles. The van der Waals surface area contributed by atoms with E-state index in [1.165, 1.54) is 25.7 Å². The number of ether oxygens (including phenoxy) is 2. The van der Waals surface area contributed by atoms with Crippen LogP contribution in [0.4, 0.5) is 0 Å². The summed E-state index contributed by atoms with van der Waals surface area (Å²) < 4.78 is 12.6. The van der Waals surface area contributed by atoms with Crippen molar-refractivity contribution < 1.29 is 14.3 Å². The summed E-state index contributed by atoms with van der Waals surface area (Å²) in [5, 5.41) is 0. The van der Waals surface area contributed by atoms with Crippen LogP contribution in [0.5, 0.6) is 0 Å². The van der Waals surface area contributed by atoms with Crippen molar-refractivity contribution in [3.8, 4) is 0 Å². The highest BCUT2D eigenvalue weighted by Gasteiger charge is 2.72. The SMILES string of the molecule is CCOC(=O)C12CC(CI)(C1)OC2C1CCCC1. The maximum atomic E-state index is 12.3. The number of esters is 1. The summed E-state index contributed by atoms with van der Waals surface area (Å²) in [7, 11) is 0. The first kappa shape index (κ1) is 13.2. The van der Waals surface area contributed by atoms with Gasteiger partial charge in [-0.15, -0.1) is 0 Å². The minimum Gasteiger partial charge on any atom is -0.465 e. The van der Waals surface area contributed by atoms with E-state index in [4.69, 9.17) is 9.47 Å². The van der Waals surface area contributed by atoms with Gasteiger partial charge < -0.3 is 9.47 Å². The van der Waals surface area contributed by atoms with Crippen LogP contribution in [0.2, 0.25) is 0 Å². The molecule has 2 saturated heterocycles. The molecule has 2 aliphatic carbocycles. The maximum absolute atomic E-state index is 12.3. The molecule has 0 aromatic rings. The average Bonchev–Trinajstić information content (AvgIpc) is 3.00. The Bertz CT molecular complexity index is 343. The lowest BCUT2D eigenvalue weighted by Crippen LogP contribution is -2.52. The normalized spacial score (nSPS) is 42.9. The predicted molar refractivity (Wildman–Crippen MR) is 76.7 cm³/mol. The van der Waals surface area contributed by atoms with Gasteiger partial charge in [-0.3, -0.25) is 4.79 Å². The van der Waals surface area contributed by atoms with Crippen molar-refractivity contribution in [1.82, 2.24) is 0 Å². The van der Waals surface area contributed by atoms with Crippen LogP contribution in [0, 0.1) is 11.3 Å². The number of carbonyl (C=O) groups is 1. The number of hydrogen-bond acceptors (Lipinski definition) is 3. The molecule has 0 N–H and O–H groups in total. The summed E-state index contributed by atoms with van der Waals surface area (Å²) in [6, 6.07) is 0. The molecule has 2 bridgehead atoms. The lowest BCUT2D eigenvalue weighted by Gasteiger charge is -2.42. The van der Waals surface area contributed by atoms with E-state index in [0.717, 1.165) is 17.3 Å². The monoisotopic (exact) mass is 364 g/mol. The largest absolute Gasteiger partial charge is 0.465 e. The van der Waals surface area contributed by atoms with Crippen molar-refractivity contribution in [3.63, 3.8) is 0 Å². The molecule has 4 fully saturated rings. The van der Waals surface area contributed by atoms with E-state index in [1.807, 2.05) is 6.92 Å².